The summed E-state index contributed by atoms with van der Waals surface area (Å²) in [4.78, 5) is 3.51. The molecule has 0 aromatic heterocycles. The summed E-state index contributed by atoms with van der Waals surface area (Å²) >= 11 is 5.75. The fourth-order valence-corrected chi connectivity index (χ4v) is 1.08. The van der Waals surface area contributed by atoms with Gasteiger partial charge in [0.05, 0.1) is 0 Å². The van der Waals surface area contributed by atoms with Crippen LogP contribution in [0, 0.1) is 5.41 Å². The largest absolute Gasteiger partial charge is 0.486 e. The molecule has 6 heteroatoms. The van der Waals surface area contributed by atoms with Gasteiger partial charge in [-0.15, -0.1) is 0 Å². The van der Waals surface area contributed by atoms with Crippen molar-refractivity contribution in [2.45, 2.75) is 0 Å². The lowest BCUT2D eigenvalue weighted by atomic mass is 10.3. The van der Waals surface area contributed by atoms with Gasteiger partial charge in [-0.25, -0.2) is 0 Å². The molecule has 0 amide bonds. The molecule has 0 heterocycles. The molecule has 0 fully saturated rings. The van der Waals surface area contributed by atoms with Crippen molar-refractivity contribution in [2.75, 3.05) is 6.61 Å². The van der Waals surface area contributed by atoms with Crippen LogP contribution in [-0.2, 0) is 0 Å². The van der Waals surface area contributed by atoms with Gasteiger partial charge in [0, 0.05) is 5.02 Å². The van der Waals surface area contributed by atoms with E-state index in [2.05, 4.69) is 4.99 Å². The first-order chi connectivity index (χ1) is 7.08. The SMILES string of the molecule is N=C(N)N=C(N)COc1cccc(Cl)c1. The van der Waals surface area contributed by atoms with E-state index in [-0.39, 0.29) is 18.4 Å². The highest BCUT2D eigenvalue weighted by Gasteiger charge is 1.97. The monoisotopic (exact) mass is 226 g/mol. The van der Waals surface area contributed by atoms with E-state index in [1.165, 1.54) is 0 Å². The fraction of sp³-hybridized carbons (Fsp3) is 0.111. The summed E-state index contributed by atoms with van der Waals surface area (Å²) in [6, 6.07) is 6.90. The second-order valence-corrected chi connectivity index (χ2v) is 3.17. The van der Waals surface area contributed by atoms with Crippen LogP contribution in [0.4, 0.5) is 0 Å². The van der Waals surface area contributed by atoms with E-state index in [1.54, 1.807) is 24.3 Å². The van der Waals surface area contributed by atoms with Gasteiger partial charge < -0.3 is 16.2 Å². The van der Waals surface area contributed by atoms with Gasteiger partial charge in [0.1, 0.15) is 18.2 Å². The Labute approximate surface area is 92.2 Å². The first-order valence-corrected chi connectivity index (χ1v) is 4.51. The minimum atomic E-state index is -0.345. The molecule has 0 aliphatic carbocycles. The van der Waals surface area contributed by atoms with E-state index >= 15 is 0 Å². The van der Waals surface area contributed by atoms with Gasteiger partial charge in [-0.1, -0.05) is 17.7 Å². The molecule has 0 spiro atoms. The molecule has 0 bridgehead atoms. The zero-order chi connectivity index (χ0) is 11.3. The van der Waals surface area contributed by atoms with Crippen LogP contribution in [0.3, 0.4) is 0 Å². The molecule has 80 valence electrons. The minimum absolute atomic E-state index is 0.0694. The number of benzene rings is 1. The summed E-state index contributed by atoms with van der Waals surface area (Å²) in [6.45, 7) is 0.0694. The summed E-state index contributed by atoms with van der Waals surface area (Å²) in [5, 5.41) is 7.45. The predicted octanol–water partition coefficient (Wildman–Crippen LogP) is 0.969. The van der Waals surface area contributed by atoms with E-state index in [1.807, 2.05) is 0 Å². The Balaban J connectivity index is 2.54. The smallest absolute Gasteiger partial charge is 0.214 e. The third-order valence-corrected chi connectivity index (χ3v) is 1.68. The van der Waals surface area contributed by atoms with Gasteiger partial charge in [-0.05, 0) is 18.2 Å². The summed E-state index contributed by atoms with van der Waals surface area (Å²) in [6.07, 6.45) is 0. The Bertz CT molecular complexity index is 391. The van der Waals surface area contributed by atoms with Crippen LogP contribution in [-0.4, -0.2) is 18.4 Å². The highest BCUT2D eigenvalue weighted by atomic mass is 35.5. The Morgan fingerprint density at radius 1 is 1.47 bits per heavy atom. The molecule has 1 aromatic rings. The van der Waals surface area contributed by atoms with Crippen molar-refractivity contribution in [1.29, 1.82) is 5.41 Å². The number of halogens is 1. The van der Waals surface area contributed by atoms with Crippen LogP contribution < -0.4 is 16.2 Å². The van der Waals surface area contributed by atoms with Gasteiger partial charge in [0.2, 0.25) is 5.96 Å². The zero-order valence-electron chi connectivity index (χ0n) is 7.90. The summed E-state index contributed by atoms with van der Waals surface area (Å²) in [7, 11) is 0. The molecule has 0 aliphatic heterocycles. The van der Waals surface area contributed by atoms with E-state index in [4.69, 9.17) is 33.2 Å². The molecule has 0 atom stereocenters. The number of nitrogens with one attached hydrogen (secondary N) is 1. The van der Waals surface area contributed by atoms with Gasteiger partial charge >= 0.3 is 0 Å². The topological polar surface area (TPSA) is 97.5 Å². The molecular formula is C9H11ClN4O. The Morgan fingerprint density at radius 2 is 2.20 bits per heavy atom. The molecule has 0 aliphatic rings. The standard InChI is InChI=1S/C9H11ClN4O/c10-6-2-1-3-7(4-6)15-5-8(11)14-9(12)13/h1-4H,5H2,(H5,11,12,13,14). The maximum Gasteiger partial charge on any atom is 0.214 e. The van der Waals surface area contributed by atoms with Crippen molar-refractivity contribution < 1.29 is 4.74 Å². The summed E-state index contributed by atoms with van der Waals surface area (Å²) in [5.74, 6) is 0.383. The molecule has 1 rings (SSSR count). The lowest BCUT2D eigenvalue weighted by molar-refractivity contribution is 0.375. The zero-order valence-corrected chi connectivity index (χ0v) is 8.66. The summed E-state index contributed by atoms with van der Waals surface area (Å²) in [5.41, 5.74) is 10.5. The van der Waals surface area contributed by atoms with Crippen LogP contribution in [0.2, 0.25) is 5.02 Å². The normalized spacial score (nSPS) is 11.1. The molecule has 0 saturated carbocycles. The first kappa shape index (κ1) is 11.3. The molecule has 5 nitrogen and oxygen atoms in total. The second kappa shape index (κ2) is 5.21. The molecule has 0 radical (unpaired) electrons. The molecule has 0 unspecified atom stereocenters. The van der Waals surface area contributed by atoms with Crippen molar-refractivity contribution in [3.05, 3.63) is 29.3 Å². The number of nitrogens with two attached hydrogens (primary N) is 2. The minimum Gasteiger partial charge on any atom is -0.486 e. The van der Waals surface area contributed by atoms with Gasteiger partial charge in [-0.2, -0.15) is 4.99 Å². The van der Waals surface area contributed by atoms with E-state index in [9.17, 15) is 0 Å². The number of guanidine groups is 1. The van der Waals surface area contributed by atoms with E-state index in [0.717, 1.165) is 0 Å². The third-order valence-electron chi connectivity index (χ3n) is 1.45. The Kier molecular flexibility index (Phi) is 3.93. The molecule has 5 N–H and O–H groups in total. The molecule has 0 saturated heterocycles. The van der Waals surface area contributed by atoms with Gasteiger partial charge in [-0.3, -0.25) is 5.41 Å². The van der Waals surface area contributed by atoms with Crippen molar-refractivity contribution in [3.8, 4) is 5.75 Å². The van der Waals surface area contributed by atoms with Crippen molar-refractivity contribution >= 4 is 23.4 Å². The fourth-order valence-electron chi connectivity index (χ4n) is 0.901. The Morgan fingerprint density at radius 3 is 2.80 bits per heavy atom. The van der Waals surface area contributed by atoms with Crippen LogP contribution in [0.15, 0.2) is 29.3 Å². The van der Waals surface area contributed by atoms with Crippen LogP contribution >= 0.6 is 11.6 Å². The third kappa shape index (κ3) is 4.33. The lowest BCUT2D eigenvalue weighted by Gasteiger charge is -2.05. The first-order valence-electron chi connectivity index (χ1n) is 4.13. The summed E-state index contributed by atoms with van der Waals surface area (Å²) < 4.78 is 5.26. The van der Waals surface area contributed by atoms with Gasteiger partial charge in [0.25, 0.3) is 0 Å². The Hall–Kier alpha value is -1.75. The predicted molar refractivity (Wildman–Crippen MR) is 60.5 cm³/mol. The number of amidine groups is 1. The number of ether oxygens (including phenoxy) is 1. The highest BCUT2D eigenvalue weighted by molar-refractivity contribution is 6.30. The van der Waals surface area contributed by atoms with Crippen LogP contribution in [0.25, 0.3) is 0 Å². The van der Waals surface area contributed by atoms with Crippen LogP contribution in [0.5, 0.6) is 5.75 Å². The average molecular weight is 227 g/mol. The highest BCUT2D eigenvalue weighted by Crippen LogP contribution is 2.16. The number of hydrogen-bond donors (Lipinski definition) is 3. The maximum atomic E-state index is 6.88. The van der Waals surface area contributed by atoms with Crippen molar-refractivity contribution in [1.82, 2.24) is 0 Å². The van der Waals surface area contributed by atoms with Crippen molar-refractivity contribution in [2.24, 2.45) is 16.5 Å². The lowest BCUT2D eigenvalue weighted by Crippen LogP contribution is -2.24. The van der Waals surface area contributed by atoms with E-state index in [0.29, 0.717) is 10.8 Å². The number of aliphatic imine (C=N–C) groups is 1. The van der Waals surface area contributed by atoms with Crippen LogP contribution in [0.1, 0.15) is 0 Å². The van der Waals surface area contributed by atoms with E-state index < -0.39 is 0 Å². The van der Waals surface area contributed by atoms with Crippen molar-refractivity contribution in [3.63, 3.8) is 0 Å². The molecule has 1 aromatic carbocycles. The molecular weight excluding hydrogens is 216 g/mol. The quantitative estimate of drug-likeness (QED) is 0.529. The van der Waals surface area contributed by atoms with Gasteiger partial charge in [0.15, 0.2) is 0 Å². The second-order valence-electron chi connectivity index (χ2n) is 2.73. The average Bonchev–Trinajstić information content (AvgIpc) is 2.14. The maximum absolute atomic E-state index is 6.88. The number of nitrogens with zero attached hydrogens (tertiary/aromatic N) is 1. The number of hydrogen-bond acceptors (Lipinski definition) is 2. The number of rotatable bonds is 3. The molecule has 15 heavy (non-hydrogen) atoms.